The molecule has 16 heavy (non-hydrogen) atoms. The Morgan fingerprint density at radius 1 is 1.69 bits per heavy atom. The minimum absolute atomic E-state index is 0.0128. The van der Waals surface area contributed by atoms with Crippen molar-refractivity contribution in [3.05, 3.63) is 22.6 Å². The van der Waals surface area contributed by atoms with Gasteiger partial charge in [-0.1, -0.05) is 0 Å². The molecule has 86 valence electrons. The summed E-state index contributed by atoms with van der Waals surface area (Å²) < 4.78 is 13.4. The van der Waals surface area contributed by atoms with Crippen LogP contribution in [0.3, 0.4) is 0 Å². The van der Waals surface area contributed by atoms with E-state index in [-0.39, 0.29) is 11.8 Å². The van der Waals surface area contributed by atoms with Gasteiger partial charge in [-0.15, -0.1) is 0 Å². The Bertz CT molecular complexity index is 429. The van der Waals surface area contributed by atoms with E-state index in [0.29, 0.717) is 29.0 Å². The molecule has 0 radical (unpaired) electrons. The van der Waals surface area contributed by atoms with Gasteiger partial charge in [-0.25, -0.2) is 9.37 Å². The number of hydrogen-bond acceptors (Lipinski definition) is 3. The Morgan fingerprint density at radius 2 is 2.44 bits per heavy atom. The molecule has 1 atom stereocenters. The quantitative estimate of drug-likeness (QED) is 0.850. The van der Waals surface area contributed by atoms with Crippen LogP contribution in [0.2, 0.25) is 0 Å². The van der Waals surface area contributed by atoms with Crippen LogP contribution < -0.4 is 4.90 Å². The number of nitrogens with zero attached hydrogens (tertiary/aromatic N) is 2. The predicted molar refractivity (Wildman–Crippen MR) is 66.2 cm³/mol. The van der Waals surface area contributed by atoms with Crippen LogP contribution in [-0.4, -0.2) is 23.2 Å². The van der Waals surface area contributed by atoms with Gasteiger partial charge in [-0.05, 0) is 33.7 Å². The fourth-order valence-corrected chi connectivity index (χ4v) is 2.49. The lowest BCUT2D eigenvalue weighted by atomic mass is 10.1. The first kappa shape index (κ1) is 11.9. The molecule has 0 saturated carbocycles. The van der Waals surface area contributed by atoms with Gasteiger partial charge in [0.15, 0.2) is 0 Å². The molecule has 1 saturated heterocycles. The standard InChI is InChI=1S/C10H10BrFN2OS/c11-8-2-7(12)3-13-10(8)14-4-6(5-16)1-9(14)15/h2-3,6,16H,1,4-5H2. The van der Waals surface area contributed by atoms with Crippen LogP contribution in [0.5, 0.6) is 0 Å². The van der Waals surface area contributed by atoms with Gasteiger partial charge in [0.05, 0.1) is 10.7 Å². The van der Waals surface area contributed by atoms with Gasteiger partial charge in [0, 0.05) is 13.0 Å². The maximum absolute atomic E-state index is 12.9. The molecule has 1 aromatic rings. The minimum atomic E-state index is -0.423. The highest BCUT2D eigenvalue weighted by atomic mass is 79.9. The van der Waals surface area contributed by atoms with Crippen LogP contribution in [0.4, 0.5) is 10.2 Å². The van der Waals surface area contributed by atoms with Gasteiger partial charge in [0.25, 0.3) is 0 Å². The van der Waals surface area contributed by atoms with Crippen LogP contribution in [0.25, 0.3) is 0 Å². The fourth-order valence-electron chi connectivity index (χ4n) is 1.71. The van der Waals surface area contributed by atoms with Crippen molar-refractivity contribution in [2.75, 3.05) is 17.2 Å². The Morgan fingerprint density at radius 3 is 3.00 bits per heavy atom. The number of hydrogen-bond donors (Lipinski definition) is 1. The van der Waals surface area contributed by atoms with Crippen molar-refractivity contribution in [2.45, 2.75) is 6.42 Å². The number of amides is 1. The second kappa shape index (κ2) is 4.71. The Hall–Kier alpha value is -0.620. The topological polar surface area (TPSA) is 33.2 Å². The summed E-state index contributed by atoms with van der Waals surface area (Å²) in [6, 6.07) is 1.31. The number of carbonyl (C=O) groups is 1. The summed E-state index contributed by atoms with van der Waals surface area (Å²) in [5.41, 5.74) is 0. The normalized spacial score (nSPS) is 20.6. The SMILES string of the molecule is O=C1CC(CS)CN1c1ncc(F)cc1Br. The molecule has 1 aliphatic heterocycles. The summed E-state index contributed by atoms with van der Waals surface area (Å²) in [6.07, 6.45) is 1.59. The van der Waals surface area contributed by atoms with Crippen molar-refractivity contribution in [1.29, 1.82) is 0 Å². The molecule has 0 N–H and O–H groups in total. The zero-order chi connectivity index (χ0) is 11.7. The summed E-state index contributed by atoms with van der Waals surface area (Å²) in [4.78, 5) is 17.2. The van der Waals surface area contributed by atoms with E-state index in [1.807, 2.05) is 0 Å². The number of halogens is 2. The average Bonchev–Trinajstić information content (AvgIpc) is 2.60. The van der Waals surface area contributed by atoms with Gasteiger partial charge < -0.3 is 0 Å². The fraction of sp³-hybridized carbons (Fsp3) is 0.400. The maximum atomic E-state index is 12.9. The first-order valence-electron chi connectivity index (χ1n) is 4.84. The van der Waals surface area contributed by atoms with Crippen LogP contribution >= 0.6 is 28.6 Å². The minimum Gasteiger partial charge on any atom is -0.296 e. The summed E-state index contributed by atoms with van der Waals surface area (Å²) in [5.74, 6) is 0.985. The number of rotatable bonds is 2. The highest BCUT2D eigenvalue weighted by Crippen LogP contribution is 2.30. The number of carbonyl (C=O) groups excluding carboxylic acids is 1. The predicted octanol–water partition coefficient (Wildman–Crippen LogP) is 2.27. The van der Waals surface area contributed by atoms with E-state index in [9.17, 15) is 9.18 Å². The number of thiol groups is 1. The lowest BCUT2D eigenvalue weighted by Crippen LogP contribution is -2.26. The van der Waals surface area contributed by atoms with Crippen LogP contribution in [0.1, 0.15) is 6.42 Å². The van der Waals surface area contributed by atoms with Crippen molar-refractivity contribution in [3.63, 3.8) is 0 Å². The van der Waals surface area contributed by atoms with Gasteiger partial charge in [0.1, 0.15) is 11.6 Å². The monoisotopic (exact) mass is 304 g/mol. The van der Waals surface area contributed by atoms with E-state index >= 15 is 0 Å². The molecule has 1 aliphatic rings. The third-order valence-electron chi connectivity index (χ3n) is 2.51. The van der Waals surface area contributed by atoms with E-state index in [1.54, 1.807) is 4.90 Å². The highest BCUT2D eigenvalue weighted by Gasteiger charge is 2.31. The summed E-state index contributed by atoms with van der Waals surface area (Å²) >= 11 is 7.39. The van der Waals surface area contributed by atoms with E-state index < -0.39 is 5.82 Å². The van der Waals surface area contributed by atoms with Gasteiger partial charge >= 0.3 is 0 Å². The molecule has 0 spiro atoms. The summed E-state index contributed by atoms with van der Waals surface area (Å²) in [5, 5.41) is 0. The van der Waals surface area contributed by atoms with Crippen molar-refractivity contribution in [1.82, 2.24) is 4.98 Å². The van der Waals surface area contributed by atoms with Gasteiger partial charge in [0.2, 0.25) is 5.91 Å². The molecule has 0 aromatic carbocycles. The van der Waals surface area contributed by atoms with Crippen LogP contribution in [0, 0.1) is 11.7 Å². The third-order valence-corrected chi connectivity index (χ3v) is 3.61. The van der Waals surface area contributed by atoms with Crippen molar-refractivity contribution in [2.24, 2.45) is 5.92 Å². The van der Waals surface area contributed by atoms with Crippen molar-refractivity contribution >= 4 is 40.3 Å². The van der Waals surface area contributed by atoms with Crippen molar-refractivity contribution in [3.8, 4) is 0 Å². The number of anilines is 1. The lowest BCUT2D eigenvalue weighted by molar-refractivity contribution is -0.117. The molecule has 1 amide bonds. The second-order valence-corrected chi connectivity index (χ2v) is 4.94. The molecule has 1 fully saturated rings. The molecule has 1 aromatic heterocycles. The zero-order valence-corrected chi connectivity index (χ0v) is 10.8. The lowest BCUT2D eigenvalue weighted by Gasteiger charge is -2.16. The van der Waals surface area contributed by atoms with E-state index in [4.69, 9.17) is 0 Å². The van der Waals surface area contributed by atoms with Gasteiger partial charge in [-0.3, -0.25) is 9.69 Å². The molecule has 2 rings (SSSR count). The maximum Gasteiger partial charge on any atom is 0.228 e. The van der Waals surface area contributed by atoms with Crippen molar-refractivity contribution < 1.29 is 9.18 Å². The molecular formula is C10H10BrFN2OS. The molecule has 0 bridgehead atoms. The molecule has 0 aliphatic carbocycles. The zero-order valence-electron chi connectivity index (χ0n) is 8.36. The van der Waals surface area contributed by atoms with E-state index in [0.717, 1.165) is 6.20 Å². The molecule has 1 unspecified atom stereocenters. The smallest absolute Gasteiger partial charge is 0.228 e. The number of aromatic nitrogens is 1. The summed E-state index contributed by atoms with van der Waals surface area (Å²) in [6.45, 7) is 0.597. The summed E-state index contributed by atoms with van der Waals surface area (Å²) in [7, 11) is 0. The Labute approximate surface area is 107 Å². The van der Waals surface area contributed by atoms with Crippen LogP contribution in [-0.2, 0) is 4.79 Å². The number of pyridine rings is 1. The third kappa shape index (κ3) is 2.22. The van der Waals surface area contributed by atoms with Crippen LogP contribution in [0.15, 0.2) is 16.7 Å². The first-order chi connectivity index (χ1) is 7.61. The molecule has 2 heterocycles. The molecular weight excluding hydrogens is 295 g/mol. The Balaban J connectivity index is 2.28. The average molecular weight is 305 g/mol. The van der Waals surface area contributed by atoms with E-state index in [2.05, 4.69) is 33.5 Å². The molecule has 3 nitrogen and oxygen atoms in total. The second-order valence-electron chi connectivity index (χ2n) is 3.72. The first-order valence-corrected chi connectivity index (χ1v) is 6.26. The highest BCUT2D eigenvalue weighted by molar-refractivity contribution is 9.10. The largest absolute Gasteiger partial charge is 0.296 e. The molecule has 6 heteroatoms. The van der Waals surface area contributed by atoms with Gasteiger partial charge in [-0.2, -0.15) is 12.6 Å². The van der Waals surface area contributed by atoms with E-state index in [1.165, 1.54) is 6.07 Å². The Kier molecular flexibility index (Phi) is 3.49.